The summed E-state index contributed by atoms with van der Waals surface area (Å²) < 4.78 is 5.86. The lowest BCUT2D eigenvalue weighted by Gasteiger charge is -2.18. The van der Waals surface area contributed by atoms with Crippen LogP contribution in [0.25, 0.3) is 0 Å². The molecule has 0 amide bonds. The Morgan fingerprint density at radius 3 is 2.48 bits per heavy atom. The monoisotopic (exact) mass is 347 g/mol. The van der Waals surface area contributed by atoms with Crippen molar-refractivity contribution in [2.45, 2.75) is 19.9 Å². The van der Waals surface area contributed by atoms with Gasteiger partial charge in [-0.2, -0.15) is 0 Å². The molecule has 110 valence electrons. The van der Waals surface area contributed by atoms with Crippen molar-refractivity contribution in [3.8, 4) is 0 Å². The Kier molecular flexibility index (Phi) is 5.02. The molecule has 0 saturated heterocycles. The normalized spacial score (nSPS) is 11.8. The Hall–Kier alpha value is -1.81. The van der Waals surface area contributed by atoms with Gasteiger partial charge < -0.3 is 10.1 Å². The van der Waals surface area contributed by atoms with Crippen LogP contribution in [0.2, 0.25) is 0 Å². The molecule has 0 saturated carbocycles. The molecule has 4 heteroatoms. The molecule has 0 aliphatic carbocycles. The van der Waals surface area contributed by atoms with Crippen molar-refractivity contribution in [1.29, 1.82) is 0 Å². The predicted octanol–water partition coefficient (Wildman–Crippen LogP) is 4.72. The van der Waals surface area contributed by atoms with E-state index in [0.29, 0.717) is 5.56 Å². The number of methoxy groups -OCH3 is 1. The van der Waals surface area contributed by atoms with E-state index >= 15 is 0 Å². The van der Waals surface area contributed by atoms with E-state index in [1.807, 2.05) is 31.2 Å². The van der Waals surface area contributed by atoms with Crippen LogP contribution in [-0.4, -0.2) is 13.1 Å². The first-order valence-corrected chi connectivity index (χ1v) is 7.52. The molecule has 2 aromatic rings. The van der Waals surface area contributed by atoms with E-state index in [-0.39, 0.29) is 12.0 Å². The molecule has 2 rings (SSSR count). The van der Waals surface area contributed by atoms with Crippen LogP contribution in [0, 0.1) is 6.92 Å². The average Bonchev–Trinajstić information content (AvgIpc) is 2.49. The summed E-state index contributed by atoms with van der Waals surface area (Å²) in [5.41, 5.74) is 3.60. The number of hydrogen-bond acceptors (Lipinski definition) is 3. The first-order chi connectivity index (χ1) is 10.0. The highest BCUT2D eigenvalue weighted by molar-refractivity contribution is 9.10. The Morgan fingerprint density at radius 1 is 1.19 bits per heavy atom. The second kappa shape index (κ2) is 6.76. The molecule has 0 spiro atoms. The van der Waals surface area contributed by atoms with Gasteiger partial charge in [0.25, 0.3) is 0 Å². The van der Waals surface area contributed by atoms with E-state index in [1.54, 1.807) is 6.07 Å². The topological polar surface area (TPSA) is 38.3 Å². The number of ether oxygens (including phenoxy) is 1. The second-order valence-corrected chi connectivity index (χ2v) is 5.80. The molecule has 0 fully saturated rings. The third-order valence-electron chi connectivity index (χ3n) is 3.48. The number of benzene rings is 2. The van der Waals surface area contributed by atoms with E-state index < -0.39 is 0 Å². The highest BCUT2D eigenvalue weighted by Gasteiger charge is 2.13. The van der Waals surface area contributed by atoms with Crippen LogP contribution < -0.4 is 5.32 Å². The molecule has 0 aliphatic heterocycles. The van der Waals surface area contributed by atoms with Crippen LogP contribution in [-0.2, 0) is 4.74 Å². The van der Waals surface area contributed by atoms with Gasteiger partial charge in [0.2, 0.25) is 0 Å². The molecule has 2 aromatic carbocycles. The molecule has 1 N–H and O–H groups in total. The summed E-state index contributed by atoms with van der Waals surface area (Å²) in [7, 11) is 1.40. The standard InChI is InChI=1S/C17H18BrNO2/c1-11-15(17(20)21-3)5-4-6-16(11)19-12(2)13-7-9-14(18)10-8-13/h4-10,12,19H,1-3H3. The number of esters is 1. The largest absolute Gasteiger partial charge is 0.465 e. The van der Waals surface area contributed by atoms with Gasteiger partial charge in [0.1, 0.15) is 0 Å². The van der Waals surface area contributed by atoms with Crippen LogP contribution >= 0.6 is 15.9 Å². The minimum Gasteiger partial charge on any atom is -0.465 e. The summed E-state index contributed by atoms with van der Waals surface area (Å²) in [6.07, 6.45) is 0. The summed E-state index contributed by atoms with van der Waals surface area (Å²) >= 11 is 3.43. The molecule has 21 heavy (non-hydrogen) atoms. The zero-order chi connectivity index (χ0) is 15.4. The summed E-state index contributed by atoms with van der Waals surface area (Å²) in [6, 6.07) is 13.9. The van der Waals surface area contributed by atoms with Gasteiger partial charge in [0.15, 0.2) is 0 Å². The van der Waals surface area contributed by atoms with Gasteiger partial charge in [0, 0.05) is 16.2 Å². The molecular formula is C17H18BrNO2. The minimum absolute atomic E-state index is 0.143. The molecule has 0 heterocycles. The second-order valence-electron chi connectivity index (χ2n) is 4.89. The van der Waals surface area contributed by atoms with Crippen molar-refractivity contribution in [2.24, 2.45) is 0 Å². The van der Waals surface area contributed by atoms with Gasteiger partial charge in [0.05, 0.1) is 12.7 Å². The quantitative estimate of drug-likeness (QED) is 0.813. The van der Waals surface area contributed by atoms with Crippen molar-refractivity contribution >= 4 is 27.6 Å². The van der Waals surface area contributed by atoms with E-state index in [0.717, 1.165) is 15.7 Å². The fraction of sp³-hybridized carbons (Fsp3) is 0.235. The van der Waals surface area contributed by atoms with Crippen LogP contribution in [0.15, 0.2) is 46.9 Å². The maximum absolute atomic E-state index is 11.7. The molecule has 0 bridgehead atoms. The third-order valence-corrected chi connectivity index (χ3v) is 4.01. The number of rotatable bonds is 4. The fourth-order valence-electron chi connectivity index (χ4n) is 2.19. The number of carbonyl (C=O) groups excluding carboxylic acids is 1. The number of anilines is 1. The first kappa shape index (κ1) is 15.6. The van der Waals surface area contributed by atoms with E-state index in [1.165, 1.54) is 12.7 Å². The average molecular weight is 348 g/mol. The smallest absolute Gasteiger partial charge is 0.338 e. The highest BCUT2D eigenvalue weighted by Crippen LogP contribution is 2.25. The SMILES string of the molecule is COC(=O)c1cccc(NC(C)c2ccc(Br)cc2)c1C. The van der Waals surface area contributed by atoms with Crippen LogP contribution in [0.1, 0.15) is 34.5 Å². The lowest BCUT2D eigenvalue weighted by Crippen LogP contribution is -2.10. The van der Waals surface area contributed by atoms with Crippen molar-refractivity contribution < 1.29 is 9.53 Å². The van der Waals surface area contributed by atoms with Crippen molar-refractivity contribution in [1.82, 2.24) is 0 Å². The van der Waals surface area contributed by atoms with Crippen LogP contribution in [0.3, 0.4) is 0 Å². The summed E-state index contributed by atoms with van der Waals surface area (Å²) in [6.45, 7) is 4.01. The molecular weight excluding hydrogens is 330 g/mol. The van der Waals surface area contributed by atoms with Crippen molar-refractivity contribution in [3.63, 3.8) is 0 Å². The fourth-order valence-corrected chi connectivity index (χ4v) is 2.46. The van der Waals surface area contributed by atoms with Gasteiger partial charge in [-0.05, 0) is 49.2 Å². The zero-order valence-electron chi connectivity index (χ0n) is 12.3. The summed E-state index contributed by atoms with van der Waals surface area (Å²) in [5, 5.41) is 3.44. The van der Waals surface area contributed by atoms with Gasteiger partial charge in [-0.15, -0.1) is 0 Å². The van der Waals surface area contributed by atoms with Crippen molar-refractivity contribution in [2.75, 3.05) is 12.4 Å². The zero-order valence-corrected chi connectivity index (χ0v) is 13.9. The maximum atomic E-state index is 11.7. The Balaban J connectivity index is 2.23. The van der Waals surface area contributed by atoms with E-state index in [9.17, 15) is 4.79 Å². The Morgan fingerprint density at radius 2 is 1.86 bits per heavy atom. The van der Waals surface area contributed by atoms with Gasteiger partial charge in [-0.1, -0.05) is 34.1 Å². The molecule has 0 aromatic heterocycles. The van der Waals surface area contributed by atoms with Crippen LogP contribution in [0.5, 0.6) is 0 Å². The minimum atomic E-state index is -0.313. The Bertz CT molecular complexity index is 638. The summed E-state index contributed by atoms with van der Waals surface area (Å²) in [5.74, 6) is -0.313. The van der Waals surface area contributed by atoms with E-state index in [2.05, 4.69) is 40.3 Å². The Labute approximate surface area is 133 Å². The van der Waals surface area contributed by atoms with Gasteiger partial charge in [-0.25, -0.2) is 4.79 Å². The maximum Gasteiger partial charge on any atom is 0.338 e. The number of carbonyl (C=O) groups is 1. The molecule has 0 aliphatic rings. The van der Waals surface area contributed by atoms with E-state index in [4.69, 9.17) is 4.74 Å². The van der Waals surface area contributed by atoms with Crippen molar-refractivity contribution in [3.05, 3.63) is 63.6 Å². The number of nitrogens with one attached hydrogen (secondary N) is 1. The molecule has 1 unspecified atom stereocenters. The van der Waals surface area contributed by atoms with Gasteiger partial charge in [-0.3, -0.25) is 0 Å². The first-order valence-electron chi connectivity index (χ1n) is 6.73. The predicted molar refractivity (Wildman–Crippen MR) is 88.7 cm³/mol. The number of halogens is 1. The van der Waals surface area contributed by atoms with Gasteiger partial charge >= 0.3 is 5.97 Å². The molecule has 1 atom stereocenters. The summed E-state index contributed by atoms with van der Waals surface area (Å²) in [4.78, 5) is 11.7. The van der Waals surface area contributed by atoms with Crippen LogP contribution in [0.4, 0.5) is 5.69 Å². The third kappa shape index (κ3) is 3.64. The lowest BCUT2D eigenvalue weighted by atomic mass is 10.0. The molecule has 3 nitrogen and oxygen atoms in total. The lowest BCUT2D eigenvalue weighted by molar-refractivity contribution is 0.0600. The highest BCUT2D eigenvalue weighted by atomic mass is 79.9. The molecule has 0 radical (unpaired) electrons. The number of hydrogen-bond donors (Lipinski definition) is 1.